The Hall–Kier alpha value is -1.53. The van der Waals surface area contributed by atoms with Gasteiger partial charge in [0.05, 0.1) is 25.2 Å². The number of aryl methyl sites for hydroxylation is 1. The highest BCUT2D eigenvalue weighted by atomic mass is 35.5. The molecule has 4 heteroatoms. The topological polar surface area (TPSA) is 50.1 Å². The van der Waals surface area contributed by atoms with Crippen LogP contribution in [0.1, 0.15) is 29.2 Å². The van der Waals surface area contributed by atoms with E-state index in [2.05, 4.69) is 10.8 Å². The number of nitriles is 1. The molecule has 1 rings (SSSR count). The fourth-order valence-corrected chi connectivity index (χ4v) is 1.87. The molecule has 0 aliphatic heterocycles. The minimum atomic E-state index is -0.338. The second kappa shape index (κ2) is 6.27. The smallest absolute Gasteiger partial charge is 0.310 e. The molecule has 0 fully saturated rings. The molecule has 0 N–H and O–H groups in total. The van der Waals surface area contributed by atoms with Crippen LogP contribution in [-0.4, -0.2) is 13.1 Å². The fourth-order valence-electron chi connectivity index (χ4n) is 1.72. The van der Waals surface area contributed by atoms with Gasteiger partial charge < -0.3 is 4.74 Å². The van der Waals surface area contributed by atoms with E-state index >= 15 is 0 Å². The highest BCUT2D eigenvalue weighted by Gasteiger charge is 2.13. The number of carbonyl (C=O) groups is 1. The van der Waals surface area contributed by atoms with E-state index in [1.807, 2.05) is 13.0 Å². The second-order valence-electron chi connectivity index (χ2n) is 3.63. The first-order chi connectivity index (χ1) is 8.15. The number of ether oxygens (including phenoxy) is 1. The number of halogens is 1. The Morgan fingerprint density at radius 3 is 2.71 bits per heavy atom. The van der Waals surface area contributed by atoms with Gasteiger partial charge in [0.15, 0.2) is 0 Å². The minimum absolute atomic E-state index is 0.130. The van der Waals surface area contributed by atoms with Crippen molar-refractivity contribution in [3.63, 3.8) is 0 Å². The summed E-state index contributed by atoms with van der Waals surface area (Å²) in [5.41, 5.74) is 3.12. The Balaban J connectivity index is 3.25. The van der Waals surface area contributed by atoms with Crippen molar-refractivity contribution in [1.82, 2.24) is 0 Å². The number of hydrogen-bond donors (Lipinski definition) is 0. The van der Waals surface area contributed by atoms with Gasteiger partial charge in [0.2, 0.25) is 0 Å². The Bertz CT molecular complexity index is 463. The van der Waals surface area contributed by atoms with E-state index in [4.69, 9.17) is 16.9 Å². The largest absolute Gasteiger partial charge is 0.469 e. The minimum Gasteiger partial charge on any atom is -0.469 e. The third-order valence-electron chi connectivity index (χ3n) is 2.61. The molecule has 0 spiro atoms. The van der Waals surface area contributed by atoms with E-state index in [-0.39, 0.29) is 12.4 Å². The summed E-state index contributed by atoms with van der Waals surface area (Å²) in [5.74, 6) is 0.0232. The lowest BCUT2D eigenvalue weighted by Crippen LogP contribution is -2.09. The highest BCUT2D eigenvalue weighted by molar-refractivity contribution is 6.17. The summed E-state index contributed by atoms with van der Waals surface area (Å²) in [6.07, 6.45) is 0.886. The number of esters is 1. The molecule has 0 saturated carbocycles. The number of carbonyl (C=O) groups excluding carboxylic acids is 1. The van der Waals surface area contributed by atoms with Crippen LogP contribution in [-0.2, 0) is 28.3 Å². The number of rotatable bonds is 4. The zero-order valence-electron chi connectivity index (χ0n) is 9.92. The SMILES string of the molecule is CCc1cc(CCl)cc(C#N)c1CC(=O)OC. The summed E-state index contributed by atoms with van der Waals surface area (Å²) >= 11 is 5.77. The molecule has 0 bridgehead atoms. The van der Waals surface area contributed by atoms with Crippen LogP contribution in [0, 0.1) is 11.3 Å². The van der Waals surface area contributed by atoms with E-state index in [9.17, 15) is 4.79 Å². The fraction of sp³-hybridized carbons (Fsp3) is 0.385. The lowest BCUT2D eigenvalue weighted by molar-refractivity contribution is -0.139. The molecule has 1 aromatic rings. The predicted molar refractivity (Wildman–Crippen MR) is 65.8 cm³/mol. The van der Waals surface area contributed by atoms with Crippen LogP contribution in [0.25, 0.3) is 0 Å². The molecule has 3 nitrogen and oxygen atoms in total. The maximum Gasteiger partial charge on any atom is 0.310 e. The molecule has 0 aliphatic rings. The number of hydrogen-bond acceptors (Lipinski definition) is 3. The normalized spacial score (nSPS) is 9.76. The lowest BCUT2D eigenvalue weighted by atomic mass is 9.95. The van der Waals surface area contributed by atoms with Gasteiger partial charge in [0.25, 0.3) is 0 Å². The monoisotopic (exact) mass is 251 g/mol. The zero-order valence-corrected chi connectivity index (χ0v) is 10.7. The molecule has 0 atom stereocenters. The van der Waals surface area contributed by atoms with Crippen molar-refractivity contribution in [3.8, 4) is 6.07 Å². The van der Waals surface area contributed by atoms with E-state index in [1.54, 1.807) is 6.07 Å². The van der Waals surface area contributed by atoms with Gasteiger partial charge in [-0.3, -0.25) is 4.79 Å². The van der Waals surface area contributed by atoms with Crippen LogP contribution in [0.5, 0.6) is 0 Å². The number of benzene rings is 1. The van der Waals surface area contributed by atoms with Crippen molar-refractivity contribution >= 4 is 17.6 Å². The van der Waals surface area contributed by atoms with Crippen LogP contribution < -0.4 is 0 Å². The standard InChI is InChI=1S/C13H14ClNO2/c1-3-10-4-9(7-14)5-11(8-15)12(10)6-13(16)17-2/h4-5H,3,6-7H2,1-2H3. The van der Waals surface area contributed by atoms with Gasteiger partial charge in [-0.1, -0.05) is 13.0 Å². The van der Waals surface area contributed by atoms with Gasteiger partial charge in [-0.25, -0.2) is 0 Å². The molecule has 0 aromatic heterocycles. The summed E-state index contributed by atoms with van der Waals surface area (Å²) in [6, 6.07) is 5.77. The summed E-state index contributed by atoms with van der Waals surface area (Å²) in [4.78, 5) is 11.3. The molecule has 0 heterocycles. The van der Waals surface area contributed by atoms with E-state index in [0.29, 0.717) is 11.4 Å². The maximum atomic E-state index is 11.3. The summed E-state index contributed by atoms with van der Waals surface area (Å²) < 4.78 is 4.64. The number of nitrogens with zero attached hydrogens (tertiary/aromatic N) is 1. The van der Waals surface area contributed by atoms with Crippen molar-refractivity contribution in [3.05, 3.63) is 34.4 Å². The van der Waals surface area contributed by atoms with Crippen LogP contribution in [0.15, 0.2) is 12.1 Å². The quantitative estimate of drug-likeness (QED) is 0.610. The van der Waals surface area contributed by atoms with Gasteiger partial charge >= 0.3 is 5.97 Å². The van der Waals surface area contributed by atoms with Gasteiger partial charge in [0, 0.05) is 5.88 Å². The summed E-state index contributed by atoms with van der Waals surface area (Å²) in [7, 11) is 1.34. The van der Waals surface area contributed by atoms with Gasteiger partial charge in [-0.15, -0.1) is 11.6 Å². The van der Waals surface area contributed by atoms with E-state index in [1.165, 1.54) is 7.11 Å². The molecule has 17 heavy (non-hydrogen) atoms. The van der Waals surface area contributed by atoms with Crippen molar-refractivity contribution in [2.45, 2.75) is 25.6 Å². The van der Waals surface area contributed by atoms with Crippen molar-refractivity contribution in [2.24, 2.45) is 0 Å². The lowest BCUT2D eigenvalue weighted by Gasteiger charge is -2.11. The van der Waals surface area contributed by atoms with Crippen LogP contribution in [0.3, 0.4) is 0 Å². The van der Waals surface area contributed by atoms with Gasteiger partial charge in [-0.05, 0) is 29.2 Å². The molecule has 0 radical (unpaired) electrons. The third-order valence-corrected chi connectivity index (χ3v) is 2.92. The van der Waals surface area contributed by atoms with E-state index in [0.717, 1.165) is 23.1 Å². The second-order valence-corrected chi connectivity index (χ2v) is 3.90. The molecular weight excluding hydrogens is 238 g/mol. The molecule has 1 aromatic carbocycles. The van der Waals surface area contributed by atoms with Crippen molar-refractivity contribution < 1.29 is 9.53 Å². The average molecular weight is 252 g/mol. The Morgan fingerprint density at radius 1 is 1.53 bits per heavy atom. The molecule has 0 unspecified atom stereocenters. The molecule has 0 saturated heterocycles. The van der Waals surface area contributed by atoms with Gasteiger partial charge in [-0.2, -0.15) is 5.26 Å². The summed E-state index contributed by atoms with van der Waals surface area (Å²) in [6.45, 7) is 1.98. The maximum absolute atomic E-state index is 11.3. The van der Waals surface area contributed by atoms with Crippen molar-refractivity contribution in [2.75, 3.05) is 7.11 Å². The first-order valence-electron chi connectivity index (χ1n) is 5.33. The van der Waals surface area contributed by atoms with Crippen LogP contribution >= 0.6 is 11.6 Å². The molecule has 90 valence electrons. The average Bonchev–Trinajstić information content (AvgIpc) is 2.38. The third kappa shape index (κ3) is 3.21. The molecular formula is C13H14ClNO2. The number of methoxy groups -OCH3 is 1. The van der Waals surface area contributed by atoms with Crippen LogP contribution in [0.4, 0.5) is 0 Å². The Kier molecular flexibility index (Phi) is 4.99. The Morgan fingerprint density at radius 2 is 2.24 bits per heavy atom. The van der Waals surface area contributed by atoms with E-state index < -0.39 is 0 Å². The zero-order chi connectivity index (χ0) is 12.8. The summed E-state index contributed by atoms with van der Waals surface area (Å²) in [5, 5.41) is 9.10. The predicted octanol–water partition coefficient (Wildman–Crippen LogP) is 2.57. The molecule has 0 aliphatic carbocycles. The molecule has 0 amide bonds. The first kappa shape index (κ1) is 13.5. The van der Waals surface area contributed by atoms with Gasteiger partial charge in [0.1, 0.15) is 0 Å². The van der Waals surface area contributed by atoms with Crippen molar-refractivity contribution in [1.29, 1.82) is 5.26 Å². The number of alkyl halides is 1. The first-order valence-corrected chi connectivity index (χ1v) is 5.87. The van der Waals surface area contributed by atoms with Crippen LogP contribution in [0.2, 0.25) is 0 Å². The highest BCUT2D eigenvalue weighted by Crippen LogP contribution is 2.20. The Labute approximate surface area is 106 Å².